The molecule has 0 N–H and O–H groups in total. The molecule has 106 valence electrons. The molecule has 3 heteroatoms. The molecule has 0 aromatic heterocycles. The molecule has 1 heterocycles. The summed E-state index contributed by atoms with van der Waals surface area (Å²) in [6, 6.07) is 8.20. The summed E-state index contributed by atoms with van der Waals surface area (Å²) in [5.74, 6) is 0.907. The first-order valence-corrected chi connectivity index (χ1v) is 7.63. The van der Waals surface area contributed by atoms with Gasteiger partial charge in [-0.05, 0) is 70.5 Å². The summed E-state index contributed by atoms with van der Waals surface area (Å²) >= 11 is 6.22. The minimum atomic E-state index is 0.900. The average Bonchev–Trinajstić information content (AvgIpc) is 2.40. The van der Waals surface area contributed by atoms with Crippen LogP contribution in [-0.4, -0.2) is 43.5 Å². The van der Waals surface area contributed by atoms with Gasteiger partial charge in [0.2, 0.25) is 0 Å². The fourth-order valence-corrected chi connectivity index (χ4v) is 2.94. The van der Waals surface area contributed by atoms with E-state index >= 15 is 0 Å². The molecule has 0 saturated carbocycles. The van der Waals surface area contributed by atoms with Crippen LogP contribution in [0, 0.1) is 5.92 Å². The molecule has 2 rings (SSSR count). The van der Waals surface area contributed by atoms with Crippen molar-refractivity contribution in [2.24, 2.45) is 5.92 Å². The van der Waals surface area contributed by atoms with E-state index in [0.29, 0.717) is 0 Å². The molecule has 0 atom stereocenters. The Kier molecular flexibility index (Phi) is 5.68. The Bertz CT molecular complexity index is 384. The van der Waals surface area contributed by atoms with E-state index < -0.39 is 0 Å². The summed E-state index contributed by atoms with van der Waals surface area (Å²) in [7, 11) is 4.32. The maximum Gasteiger partial charge on any atom is 0.0451 e. The molecule has 1 aromatic carbocycles. The Balaban J connectivity index is 1.76. The predicted molar refractivity (Wildman–Crippen MR) is 82.6 cm³/mol. The van der Waals surface area contributed by atoms with E-state index in [2.05, 4.69) is 36.0 Å². The SMILES string of the molecule is CN(C)CCC1CCN(Cc2ccccc2Cl)CC1. The smallest absolute Gasteiger partial charge is 0.0451 e. The largest absolute Gasteiger partial charge is 0.309 e. The van der Waals surface area contributed by atoms with Crippen molar-refractivity contribution in [3.8, 4) is 0 Å². The quantitative estimate of drug-likeness (QED) is 0.814. The monoisotopic (exact) mass is 280 g/mol. The van der Waals surface area contributed by atoms with Crippen molar-refractivity contribution in [3.63, 3.8) is 0 Å². The van der Waals surface area contributed by atoms with Crippen molar-refractivity contribution in [2.45, 2.75) is 25.8 Å². The number of piperidine rings is 1. The second-order valence-electron chi connectivity index (χ2n) is 5.90. The summed E-state index contributed by atoms with van der Waals surface area (Å²) in [6.45, 7) is 4.64. The normalized spacial score (nSPS) is 18.1. The maximum atomic E-state index is 6.22. The van der Waals surface area contributed by atoms with Crippen LogP contribution in [0.4, 0.5) is 0 Å². The number of hydrogen-bond donors (Lipinski definition) is 0. The van der Waals surface area contributed by atoms with Crippen LogP contribution in [0.15, 0.2) is 24.3 Å². The van der Waals surface area contributed by atoms with Crippen molar-refractivity contribution < 1.29 is 0 Å². The van der Waals surface area contributed by atoms with Crippen LogP contribution in [0.5, 0.6) is 0 Å². The highest BCUT2D eigenvalue weighted by atomic mass is 35.5. The van der Waals surface area contributed by atoms with Crippen molar-refractivity contribution in [1.29, 1.82) is 0 Å². The standard InChI is InChI=1S/C16H25ClN2/c1-18(2)10-7-14-8-11-19(12-9-14)13-15-5-3-4-6-16(15)17/h3-6,14H,7-13H2,1-2H3. The molecule has 0 aliphatic carbocycles. The number of benzene rings is 1. The van der Waals surface area contributed by atoms with E-state index in [9.17, 15) is 0 Å². The summed E-state index contributed by atoms with van der Waals surface area (Å²) in [5, 5.41) is 0.900. The van der Waals surface area contributed by atoms with Gasteiger partial charge in [-0.25, -0.2) is 0 Å². The Morgan fingerprint density at radius 3 is 2.53 bits per heavy atom. The van der Waals surface area contributed by atoms with Crippen molar-refractivity contribution in [3.05, 3.63) is 34.9 Å². The highest BCUT2D eigenvalue weighted by Gasteiger charge is 2.19. The number of hydrogen-bond acceptors (Lipinski definition) is 2. The predicted octanol–water partition coefficient (Wildman–Crippen LogP) is 3.50. The van der Waals surface area contributed by atoms with Gasteiger partial charge in [0, 0.05) is 11.6 Å². The molecule has 1 aliphatic heterocycles. The first kappa shape index (κ1) is 14.8. The van der Waals surface area contributed by atoms with Crippen LogP contribution in [0.3, 0.4) is 0 Å². The minimum absolute atomic E-state index is 0.900. The third-order valence-electron chi connectivity index (χ3n) is 4.04. The Hall–Kier alpha value is -0.570. The lowest BCUT2D eigenvalue weighted by atomic mass is 9.93. The zero-order chi connectivity index (χ0) is 13.7. The minimum Gasteiger partial charge on any atom is -0.309 e. The highest BCUT2D eigenvalue weighted by molar-refractivity contribution is 6.31. The summed E-state index contributed by atoms with van der Waals surface area (Å²) < 4.78 is 0. The summed E-state index contributed by atoms with van der Waals surface area (Å²) in [5.41, 5.74) is 1.26. The second kappa shape index (κ2) is 7.28. The lowest BCUT2D eigenvalue weighted by Gasteiger charge is -2.32. The number of halogens is 1. The third kappa shape index (κ3) is 4.79. The lowest BCUT2D eigenvalue weighted by molar-refractivity contribution is 0.166. The van der Waals surface area contributed by atoms with Gasteiger partial charge in [0.05, 0.1) is 0 Å². The first-order chi connectivity index (χ1) is 9.15. The topological polar surface area (TPSA) is 6.48 Å². The van der Waals surface area contributed by atoms with Gasteiger partial charge < -0.3 is 4.90 Å². The van der Waals surface area contributed by atoms with E-state index in [4.69, 9.17) is 11.6 Å². The molecule has 0 unspecified atom stereocenters. The molecule has 0 bridgehead atoms. The Morgan fingerprint density at radius 2 is 1.89 bits per heavy atom. The molecular weight excluding hydrogens is 256 g/mol. The Morgan fingerprint density at radius 1 is 1.21 bits per heavy atom. The fourth-order valence-electron chi connectivity index (χ4n) is 2.74. The molecular formula is C16H25ClN2. The lowest BCUT2D eigenvalue weighted by Crippen LogP contribution is -2.34. The zero-order valence-corrected chi connectivity index (χ0v) is 12.9. The van der Waals surface area contributed by atoms with Gasteiger partial charge in [0.1, 0.15) is 0 Å². The van der Waals surface area contributed by atoms with Crippen molar-refractivity contribution >= 4 is 11.6 Å². The van der Waals surface area contributed by atoms with Gasteiger partial charge in [-0.15, -0.1) is 0 Å². The van der Waals surface area contributed by atoms with Crippen LogP contribution < -0.4 is 0 Å². The van der Waals surface area contributed by atoms with Gasteiger partial charge >= 0.3 is 0 Å². The zero-order valence-electron chi connectivity index (χ0n) is 12.1. The number of rotatable bonds is 5. The van der Waals surface area contributed by atoms with Gasteiger partial charge in [0.15, 0.2) is 0 Å². The molecule has 1 fully saturated rings. The molecule has 0 radical (unpaired) electrons. The average molecular weight is 281 g/mol. The third-order valence-corrected chi connectivity index (χ3v) is 4.41. The van der Waals surface area contributed by atoms with Gasteiger partial charge in [0.25, 0.3) is 0 Å². The van der Waals surface area contributed by atoms with Gasteiger partial charge in [-0.3, -0.25) is 4.90 Å². The van der Waals surface area contributed by atoms with E-state index in [1.807, 2.05) is 12.1 Å². The van der Waals surface area contributed by atoms with E-state index in [0.717, 1.165) is 17.5 Å². The summed E-state index contributed by atoms with van der Waals surface area (Å²) in [4.78, 5) is 4.82. The maximum absolute atomic E-state index is 6.22. The van der Waals surface area contributed by atoms with Crippen LogP contribution in [-0.2, 0) is 6.54 Å². The van der Waals surface area contributed by atoms with E-state index in [1.54, 1.807) is 0 Å². The second-order valence-corrected chi connectivity index (χ2v) is 6.31. The van der Waals surface area contributed by atoms with Crippen molar-refractivity contribution in [1.82, 2.24) is 9.80 Å². The summed E-state index contributed by atoms with van der Waals surface area (Å²) in [6.07, 6.45) is 4.00. The van der Waals surface area contributed by atoms with E-state index in [-0.39, 0.29) is 0 Å². The Labute approximate surface area is 122 Å². The molecule has 1 aromatic rings. The van der Waals surface area contributed by atoms with Gasteiger partial charge in [-0.2, -0.15) is 0 Å². The molecule has 19 heavy (non-hydrogen) atoms. The van der Waals surface area contributed by atoms with Gasteiger partial charge in [-0.1, -0.05) is 29.8 Å². The molecule has 0 amide bonds. The van der Waals surface area contributed by atoms with Crippen LogP contribution >= 0.6 is 11.6 Å². The molecule has 1 saturated heterocycles. The number of likely N-dealkylation sites (tertiary alicyclic amines) is 1. The van der Waals surface area contributed by atoms with Crippen LogP contribution in [0.1, 0.15) is 24.8 Å². The van der Waals surface area contributed by atoms with Crippen LogP contribution in [0.2, 0.25) is 5.02 Å². The molecule has 0 spiro atoms. The van der Waals surface area contributed by atoms with Crippen molar-refractivity contribution in [2.75, 3.05) is 33.7 Å². The molecule has 1 aliphatic rings. The van der Waals surface area contributed by atoms with Crippen LogP contribution in [0.25, 0.3) is 0 Å². The highest BCUT2D eigenvalue weighted by Crippen LogP contribution is 2.23. The fraction of sp³-hybridized carbons (Fsp3) is 0.625. The molecule has 2 nitrogen and oxygen atoms in total. The number of nitrogens with zero attached hydrogens (tertiary/aromatic N) is 2. The first-order valence-electron chi connectivity index (χ1n) is 7.25. The van der Waals surface area contributed by atoms with E-state index in [1.165, 1.54) is 44.5 Å².